The summed E-state index contributed by atoms with van der Waals surface area (Å²) in [5.41, 5.74) is 7.46. The van der Waals surface area contributed by atoms with Gasteiger partial charge in [-0.15, -0.1) is 0 Å². The molecule has 0 radical (unpaired) electrons. The Hall–Kier alpha value is -0.0400. The second kappa shape index (κ2) is 1.66. The van der Waals surface area contributed by atoms with Crippen molar-refractivity contribution in [3.05, 3.63) is 0 Å². The van der Waals surface area contributed by atoms with E-state index in [4.69, 9.17) is 5.73 Å². The lowest BCUT2D eigenvalue weighted by Gasteiger charge is -2.17. The molecule has 0 aliphatic heterocycles. The molecule has 2 spiro atoms. The Labute approximate surface area is 68.3 Å². The van der Waals surface area contributed by atoms with Crippen LogP contribution in [-0.4, -0.2) is 6.54 Å². The maximum Gasteiger partial charge on any atom is -0.00433 e. The fourth-order valence-corrected chi connectivity index (χ4v) is 3.80. The summed E-state index contributed by atoms with van der Waals surface area (Å²) in [6.45, 7) is 0.960. The summed E-state index contributed by atoms with van der Waals surface area (Å²) in [5.74, 6) is 0.907. The van der Waals surface area contributed by atoms with Gasteiger partial charge in [0.2, 0.25) is 0 Å². The van der Waals surface area contributed by atoms with E-state index in [2.05, 4.69) is 0 Å². The van der Waals surface area contributed by atoms with Gasteiger partial charge in [-0.2, -0.15) is 0 Å². The van der Waals surface area contributed by atoms with Crippen molar-refractivity contribution in [3.63, 3.8) is 0 Å². The van der Waals surface area contributed by atoms with Gasteiger partial charge in [0, 0.05) is 0 Å². The molecule has 0 aromatic rings. The Balaban J connectivity index is 1.86. The number of hydrogen-bond acceptors (Lipinski definition) is 1. The van der Waals surface area contributed by atoms with E-state index in [0.29, 0.717) is 0 Å². The van der Waals surface area contributed by atoms with E-state index < -0.39 is 0 Å². The van der Waals surface area contributed by atoms with Crippen LogP contribution in [0.25, 0.3) is 0 Å². The van der Waals surface area contributed by atoms with Crippen molar-refractivity contribution in [1.82, 2.24) is 0 Å². The van der Waals surface area contributed by atoms with Gasteiger partial charge in [-0.25, -0.2) is 0 Å². The van der Waals surface area contributed by atoms with Crippen LogP contribution >= 0.6 is 0 Å². The maximum absolute atomic E-state index is 5.80. The zero-order valence-electron chi connectivity index (χ0n) is 7.10. The van der Waals surface area contributed by atoms with Crippen LogP contribution in [0.4, 0.5) is 0 Å². The van der Waals surface area contributed by atoms with Gasteiger partial charge in [0.1, 0.15) is 0 Å². The second-order valence-corrected chi connectivity index (χ2v) is 4.94. The minimum Gasteiger partial charge on any atom is -0.330 e. The van der Waals surface area contributed by atoms with E-state index in [-0.39, 0.29) is 0 Å². The van der Waals surface area contributed by atoms with Gasteiger partial charge in [0.25, 0.3) is 0 Å². The highest BCUT2D eigenvalue weighted by Crippen LogP contribution is 2.84. The van der Waals surface area contributed by atoms with Crippen LogP contribution in [0.5, 0.6) is 0 Å². The first-order valence-corrected chi connectivity index (χ1v) is 5.03. The molecule has 1 heteroatoms. The standard InChI is InChI=1S/C10H17N/c11-6-8-2-1-3-10(8)7-9(10)4-5-9/h8H,1-7,11H2. The van der Waals surface area contributed by atoms with Gasteiger partial charge in [-0.05, 0) is 55.4 Å². The third-order valence-electron chi connectivity index (χ3n) is 4.68. The lowest BCUT2D eigenvalue weighted by molar-refractivity contribution is 0.330. The number of fused-ring (bicyclic) bond motifs is 1. The van der Waals surface area contributed by atoms with E-state index in [9.17, 15) is 0 Å². The van der Waals surface area contributed by atoms with Crippen molar-refractivity contribution in [2.24, 2.45) is 22.5 Å². The summed E-state index contributed by atoms with van der Waals surface area (Å²) in [6, 6.07) is 0. The highest BCUT2D eigenvalue weighted by Gasteiger charge is 2.76. The molecule has 62 valence electrons. The van der Waals surface area contributed by atoms with Crippen LogP contribution in [0.3, 0.4) is 0 Å². The molecule has 0 aromatic heterocycles. The van der Waals surface area contributed by atoms with Crippen molar-refractivity contribution in [2.45, 2.75) is 38.5 Å². The van der Waals surface area contributed by atoms with Gasteiger partial charge >= 0.3 is 0 Å². The monoisotopic (exact) mass is 151 g/mol. The predicted molar refractivity (Wildman–Crippen MR) is 45.1 cm³/mol. The van der Waals surface area contributed by atoms with Gasteiger partial charge in [0.15, 0.2) is 0 Å². The lowest BCUT2D eigenvalue weighted by atomic mass is 9.89. The van der Waals surface area contributed by atoms with Crippen LogP contribution in [0.2, 0.25) is 0 Å². The summed E-state index contributed by atoms with van der Waals surface area (Å²) in [5, 5.41) is 0. The molecule has 3 saturated carbocycles. The average molecular weight is 151 g/mol. The normalized spacial score (nSPS) is 50.5. The Kier molecular flexibility index (Phi) is 0.976. The molecule has 0 heterocycles. The number of rotatable bonds is 1. The molecule has 0 bridgehead atoms. The first-order chi connectivity index (χ1) is 5.33. The van der Waals surface area contributed by atoms with E-state index in [0.717, 1.165) is 23.3 Å². The Bertz CT molecular complexity index is 191. The van der Waals surface area contributed by atoms with Crippen molar-refractivity contribution in [2.75, 3.05) is 6.54 Å². The van der Waals surface area contributed by atoms with Gasteiger partial charge in [0.05, 0.1) is 0 Å². The van der Waals surface area contributed by atoms with Gasteiger partial charge < -0.3 is 5.73 Å². The molecular formula is C10H17N. The quantitative estimate of drug-likeness (QED) is 0.608. The van der Waals surface area contributed by atoms with Crippen LogP contribution in [0.15, 0.2) is 0 Å². The SMILES string of the molecule is NCC1CCCC12CC21CC1. The van der Waals surface area contributed by atoms with Crippen LogP contribution in [-0.2, 0) is 0 Å². The minimum atomic E-state index is 0.793. The maximum atomic E-state index is 5.80. The average Bonchev–Trinajstić information content (AvgIpc) is 2.83. The molecule has 0 aromatic carbocycles. The molecule has 0 amide bonds. The molecule has 3 aliphatic carbocycles. The Morgan fingerprint density at radius 3 is 2.64 bits per heavy atom. The number of nitrogens with two attached hydrogens (primary N) is 1. The van der Waals surface area contributed by atoms with Crippen molar-refractivity contribution < 1.29 is 0 Å². The highest BCUT2D eigenvalue weighted by molar-refractivity contribution is 5.25. The third kappa shape index (κ3) is 0.581. The largest absolute Gasteiger partial charge is 0.330 e. The zero-order chi connectivity index (χ0) is 7.53. The second-order valence-electron chi connectivity index (χ2n) is 4.94. The zero-order valence-corrected chi connectivity index (χ0v) is 7.10. The molecule has 1 nitrogen and oxygen atoms in total. The third-order valence-corrected chi connectivity index (χ3v) is 4.68. The Morgan fingerprint density at radius 2 is 2.09 bits per heavy atom. The summed E-state index contributed by atoms with van der Waals surface area (Å²) in [7, 11) is 0. The smallest absolute Gasteiger partial charge is 0.00433 e. The minimum absolute atomic E-state index is 0.793. The molecular weight excluding hydrogens is 134 g/mol. The van der Waals surface area contributed by atoms with E-state index in [1.165, 1.54) is 32.1 Å². The fourth-order valence-electron chi connectivity index (χ4n) is 3.80. The van der Waals surface area contributed by atoms with E-state index in [1.807, 2.05) is 0 Å². The molecule has 3 fully saturated rings. The highest BCUT2D eigenvalue weighted by atomic mass is 14.8. The first kappa shape index (κ1) is 6.47. The molecule has 11 heavy (non-hydrogen) atoms. The van der Waals surface area contributed by atoms with Crippen LogP contribution < -0.4 is 5.73 Å². The molecule has 3 aliphatic rings. The molecule has 2 unspecified atom stereocenters. The van der Waals surface area contributed by atoms with Crippen molar-refractivity contribution >= 4 is 0 Å². The summed E-state index contributed by atoms with van der Waals surface area (Å²) >= 11 is 0. The van der Waals surface area contributed by atoms with Crippen LogP contribution in [0, 0.1) is 16.7 Å². The predicted octanol–water partition coefficient (Wildman–Crippen LogP) is 1.92. The fraction of sp³-hybridized carbons (Fsp3) is 1.00. The van der Waals surface area contributed by atoms with Gasteiger partial charge in [-0.1, -0.05) is 6.42 Å². The Morgan fingerprint density at radius 1 is 1.27 bits per heavy atom. The van der Waals surface area contributed by atoms with Crippen molar-refractivity contribution in [1.29, 1.82) is 0 Å². The lowest BCUT2D eigenvalue weighted by Crippen LogP contribution is -2.21. The molecule has 3 rings (SSSR count). The summed E-state index contributed by atoms with van der Waals surface area (Å²) < 4.78 is 0. The van der Waals surface area contributed by atoms with E-state index >= 15 is 0 Å². The first-order valence-electron chi connectivity index (χ1n) is 5.03. The molecule has 2 N–H and O–H groups in total. The number of hydrogen-bond donors (Lipinski definition) is 1. The summed E-state index contributed by atoms with van der Waals surface area (Å²) in [4.78, 5) is 0. The molecule has 2 atom stereocenters. The van der Waals surface area contributed by atoms with E-state index in [1.54, 1.807) is 6.42 Å². The topological polar surface area (TPSA) is 26.0 Å². The van der Waals surface area contributed by atoms with Crippen LogP contribution in [0.1, 0.15) is 38.5 Å². The van der Waals surface area contributed by atoms with Gasteiger partial charge in [-0.3, -0.25) is 0 Å². The molecule has 0 saturated heterocycles. The summed E-state index contributed by atoms with van der Waals surface area (Å²) in [6.07, 6.45) is 9.01. The van der Waals surface area contributed by atoms with Crippen molar-refractivity contribution in [3.8, 4) is 0 Å².